The third kappa shape index (κ3) is 2.78. The third-order valence-corrected chi connectivity index (χ3v) is 4.65. The molecule has 0 bridgehead atoms. The molecule has 4 nitrogen and oxygen atoms in total. The third-order valence-electron chi connectivity index (χ3n) is 3.75. The highest BCUT2D eigenvalue weighted by atomic mass is 32.1. The summed E-state index contributed by atoms with van der Waals surface area (Å²) in [5.74, 6) is 0.875. The molecule has 1 aromatic heterocycles. The molecular weight excluding hydrogens is 270 g/mol. The van der Waals surface area contributed by atoms with Crippen molar-refractivity contribution in [1.82, 2.24) is 4.98 Å². The first-order valence-corrected chi connectivity index (χ1v) is 7.80. The lowest BCUT2D eigenvalue weighted by atomic mass is 10.2. The van der Waals surface area contributed by atoms with E-state index in [9.17, 15) is 0 Å². The minimum atomic E-state index is 0.875. The van der Waals surface area contributed by atoms with Crippen molar-refractivity contribution in [2.45, 2.75) is 0 Å². The van der Waals surface area contributed by atoms with Crippen LogP contribution in [0.2, 0.25) is 0 Å². The second-order valence-electron chi connectivity index (χ2n) is 5.19. The SMILES string of the molecule is COc1cccc(-c2csc(N3CC[NH+](C)CC3)n2)c1. The Labute approximate surface area is 123 Å². The molecule has 0 atom stereocenters. The van der Waals surface area contributed by atoms with Gasteiger partial charge in [0.15, 0.2) is 5.13 Å². The summed E-state index contributed by atoms with van der Waals surface area (Å²) in [4.78, 5) is 8.78. The smallest absolute Gasteiger partial charge is 0.186 e. The van der Waals surface area contributed by atoms with Gasteiger partial charge in [-0.15, -0.1) is 11.3 Å². The maximum absolute atomic E-state index is 5.27. The first kappa shape index (κ1) is 13.4. The normalized spacial score (nSPS) is 16.4. The number of methoxy groups -OCH3 is 1. The highest BCUT2D eigenvalue weighted by Gasteiger charge is 2.19. The summed E-state index contributed by atoms with van der Waals surface area (Å²) in [6, 6.07) is 8.08. The summed E-state index contributed by atoms with van der Waals surface area (Å²) >= 11 is 1.73. The van der Waals surface area contributed by atoms with E-state index in [4.69, 9.17) is 9.72 Å². The number of aromatic nitrogens is 1. The Morgan fingerprint density at radius 1 is 1.30 bits per heavy atom. The number of nitrogens with zero attached hydrogens (tertiary/aromatic N) is 2. The highest BCUT2D eigenvalue weighted by molar-refractivity contribution is 7.14. The molecule has 0 radical (unpaired) electrons. The Balaban J connectivity index is 1.79. The quantitative estimate of drug-likeness (QED) is 0.920. The van der Waals surface area contributed by atoms with E-state index >= 15 is 0 Å². The van der Waals surface area contributed by atoms with E-state index in [-0.39, 0.29) is 0 Å². The zero-order valence-corrected chi connectivity index (χ0v) is 12.7. The molecule has 0 unspecified atom stereocenters. The van der Waals surface area contributed by atoms with Gasteiger partial charge in [-0.2, -0.15) is 0 Å². The number of thiazole rings is 1. The molecule has 1 fully saturated rings. The van der Waals surface area contributed by atoms with Gasteiger partial charge >= 0.3 is 0 Å². The van der Waals surface area contributed by atoms with E-state index in [1.807, 2.05) is 18.2 Å². The molecule has 1 aromatic carbocycles. The molecule has 5 heteroatoms. The van der Waals surface area contributed by atoms with Crippen LogP contribution in [-0.4, -0.2) is 45.3 Å². The molecule has 0 spiro atoms. The molecule has 1 N–H and O–H groups in total. The summed E-state index contributed by atoms with van der Waals surface area (Å²) in [5, 5.41) is 3.27. The van der Waals surface area contributed by atoms with Crippen LogP contribution in [0, 0.1) is 0 Å². The lowest BCUT2D eigenvalue weighted by Crippen LogP contribution is -3.12. The van der Waals surface area contributed by atoms with Gasteiger partial charge in [0.2, 0.25) is 0 Å². The summed E-state index contributed by atoms with van der Waals surface area (Å²) in [6.45, 7) is 4.57. The Kier molecular flexibility index (Phi) is 3.89. The van der Waals surface area contributed by atoms with Gasteiger partial charge in [-0.3, -0.25) is 0 Å². The van der Waals surface area contributed by atoms with Crippen LogP contribution in [-0.2, 0) is 0 Å². The summed E-state index contributed by atoms with van der Waals surface area (Å²) in [5.41, 5.74) is 2.15. The summed E-state index contributed by atoms with van der Waals surface area (Å²) in [7, 11) is 3.94. The van der Waals surface area contributed by atoms with Gasteiger partial charge in [0.25, 0.3) is 0 Å². The van der Waals surface area contributed by atoms with Gasteiger partial charge in [-0.05, 0) is 12.1 Å². The van der Waals surface area contributed by atoms with Crippen LogP contribution in [0.5, 0.6) is 5.75 Å². The fraction of sp³-hybridized carbons (Fsp3) is 0.400. The number of rotatable bonds is 3. The fourth-order valence-electron chi connectivity index (χ4n) is 2.40. The number of hydrogen-bond acceptors (Lipinski definition) is 4. The predicted octanol–water partition coefficient (Wildman–Crippen LogP) is 1.15. The lowest BCUT2D eigenvalue weighted by molar-refractivity contribution is -0.880. The molecule has 1 saturated heterocycles. The minimum absolute atomic E-state index is 0.875. The van der Waals surface area contributed by atoms with E-state index < -0.39 is 0 Å². The van der Waals surface area contributed by atoms with E-state index in [0.717, 1.165) is 35.2 Å². The molecule has 2 aromatic rings. The average molecular weight is 290 g/mol. The number of likely N-dealkylation sites (N-methyl/N-ethyl adjacent to an activating group) is 1. The molecule has 0 saturated carbocycles. The zero-order chi connectivity index (χ0) is 13.9. The number of benzene rings is 1. The largest absolute Gasteiger partial charge is 0.497 e. The second-order valence-corrected chi connectivity index (χ2v) is 6.03. The number of hydrogen-bond donors (Lipinski definition) is 1. The van der Waals surface area contributed by atoms with Gasteiger partial charge in [-0.25, -0.2) is 4.98 Å². The molecule has 0 amide bonds. The predicted molar refractivity (Wildman–Crippen MR) is 82.9 cm³/mol. The first-order valence-electron chi connectivity index (χ1n) is 6.92. The zero-order valence-electron chi connectivity index (χ0n) is 11.9. The molecule has 1 aliphatic heterocycles. The van der Waals surface area contributed by atoms with Gasteiger partial charge in [0.05, 0.1) is 46.0 Å². The van der Waals surface area contributed by atoms with Crippen LogP contribution in [0.1, 0.15) is 0 Å². The molecule has 106 valence electrons. The molecule has 20 heavy (non-hydrogen) atoms. The second kappa shape index (κ2) is 5.81. The van der Waals surface area contributed by atoms with Gasteiger partial charge < -0.3 is 14.5 Å². The van der Waals surface area contributed by atoms with Crippen molar-refractivity contribution in [2.75, 3.05) is 45.2 Å². The van der Waals surface area contributed by atoms with Crippen molar-refractivity contribution < 1.29 is 9.64 Å². The highest BCUT2D eigenvalue weighted by Crippen LogP contribution is 2.29. The summed E-state index contributed by atoms with van der Waals surface area (Å²) in [6.07, 6.45) is 0. The van der Waals surface area contributed by atoms with E-state index in [1.165, 1.54) is 13.1 Å². The number of quaternary nitrogens is 1. The van der Waals surface area contributed by atoms with Crippen molar-refractivity contribution in [1.29, 1.82) is 0 Å². The van der Waals surface area contributed by atoms with Gasteiger partial charge in [0.1, 0.15) is 5.75 Å². The van der Waals surface area contributed by atoms with Crippen LogP contribution in [0.4, 0.5) is 5.13 Å². The van der Waals surface area contributed by atoms with Crippen LogP contribution < -0.4 is 14.5 Å². The Bertz CT molecular complexity index is 576. The summed E-state index contributed by atoms with van der Waals surface area (Å²) < 4.78 is 5.27. The van der Waals surface area contributed by atoms with E-state index in [0.29, 0.717) is 0 Å². The fourth-order valence-corrected chi connectivity index (χ4v) is 3.29. The first-order chi connectivity index (χ1) is 9.76. The molecular formula is C15H20N3OS+. The van der Waals surface area contributed by atoms with E-state index in [2.05, 4.69) is 23.4 Å². The van der Waals surface area contributed by atoms with Crippen LogP contribution in [0.3, 0.4) is 0 Å². The standard InChI is InChI=1S/C15H19N3OS/c1-17-6-8-18(9-7-17)15-16-14(11-20-15)12-4-3-5-13(10-12)19-2/h3-5,10-11H,6-9H2,1-2H3/p+1. The maximum atomic E-state index is 5.27. The van der Waals surface area contributed by atoms with Crippen LogP contribution in [0.25, 0.3) is 11.3 Å². The monoisotopic (exact) mass is 290 g/mol. The number of ether oxygens (including phenoxy) is 1. The van der Waals surface area contributed by atoms with Crippen molar-refractivity contribution in [3.8, 4) is 17.0 Å². The van der Waals surface area contributed by atoms with Gasteiger partial charge in [0, 0.05) is 10.9 Å². The van der Waals surface area contributed by atoms with Gasteiger partial charge in [-0.1, -0.05) is 12.1 Å². The maximum Gasteiger partial charge on any atom is 0.186 e. The Morgan fingerprint density at radius 2 is 2.10 bits per heavy atom. The van der Waals surface area contributed by atoms with Crippen LogP contribution in [0.15, 0.2) is 29.6 Å². The average Bonchev–Trinajstić information content (AvgIpc) is 2.98. The Morgan fingerprint density at radius 3 is 2.85 bits per heavy atom. The molecule has 0 aliphatic carbocycles. The molecule has 2 heterocycles. The van der Waals surface area contributed by atoms with E-state index in [1.54, 1.807) is 23.3 Å². The minimum Gasteiger partial charge on any atom is -0.497 e. The number of piperazine rings is 1. The van der Waals surface area contributed by atoms with Crippen molar-refractivity contribution >= 4 is 16.5 Å². The Hall–Kier alpha value is -1.59. The topological polar surface area (TPSA) is 29.8 Å². The van der Waals surface area contributed by atoms with Crippen LogP contribution >= 0.6 is 11.3 Å². The number of anilines is 1. The van der Waals surface area contributed by atoms with Crippen molar-refractivity contribution in [2.24, 2.45) is 0 Å². The molecule has 1 aliphatic rings. The lowest BCUT2D eigenvalue weighted by Gasteiger charge is -2.29. The molecule has 3 rings (SSSR count). The van der Waals surface area contributed by atoms with Crippen molar-refractivity contribution in [3.63, 3.8) is 0 Å². The number of nitrogens with one attached hydrogen (secondary N) is 1. The van der Waals surface area contributed by atoms with Crippen molar-refractivity contribution in [3.05, 3.63) is 29.6 Å².